The largest absolute Gasteiger partial charge is 0.519 e. The highest BCUT2D eigenvalue weighted by atomic mass is 16.7. The number of para-hydroxylation sites is 1. The van der Waals surface area contributed by atoms with Crippen molar-refractivity contribution in [2.24, 2.45) is 0 Å². The molecule has 0 bridgehead atoms. The number of carbonyl (C=O) groups is 3. The topological polar surface area (TPSA) is 125 Å². The van der Waals surface area contributed by atoms with E-state index in [4.69, 9.17) is 14.2 Å². The maximum absolute atomic E-state index is 13.1. The molecule has 0 aliphatic carbocycles. The summed E-state index contributed by atoms with van der Waals surface area (Å²) in [5.41, 5.74) is 2.24. The summed E-state index contributed by atoms with van der Waals surface area (Å²) in [4.78, 5) is 51.3. The van der Waals surface area contributed by atoms with E-state index in [1.807, 2.05) is 6.92 Å². The number of hydrogen-bond donors (Lipinski definition) is 1. The number of morpholine rings is 1. The Hall–Kier alpha value is -3.86. The molecule has 1 saturated heterocycles. The summed E-state index contributed by atoms with van der Waals surface area (Å²) >= 11 is 0. The molecule has 0 saturated carbocycles. The predicted molar refractivity (Wildman–Crippen MR) is 105 cm³/mol. The van der Waals surface area contributed by atoms with Crippen LogP contribution in [0.15, 0.2) is 41.3 Å². The molecule has 162 valence electrons. The lowest BCUT2D eigenvalue weighted by Crippen LogP contribution is -2.62. The Kier molecular flexibility index (Phi) is 5.34. The Bertz CT molecular complexity index is 1110. The van der Waals surface area contributed by atoms with Crippen LogP contribution in [0.5, 0.6) is 11.5 Å². The SMILES string of the molecule is COC(=O)c1ccccc1OC(=O)Oc1c2n(ccc1=O)NC1C(C)OCCN1C2=O. The third-order valence-electron chi connectivity index (χ3n) is 4.95. The number of esters is 1. The lowest BCUT2D eigenvalue weighted by Gasteiger charge is -2.44. The number of nitrogens with one attached hydrogen (secondary N) is 1. The van der Waals surface area contributed by atoms with Gasteiger partial charge in [-0.2, -0.15) is 0 Å². The number of rotatable bonds is 3. The molecule has 1 aromatic carbocycles. The van der Waals surface area contributed by atoms with E-state index in [9.17, 15) is 19.2 Å². The number of benzene rings is 1. The predicted octanol–water partition coefficient (Wildman–Crippen LogP) is 0.957. The summed E-state index contributed by atoms with van der Waals surface area (Å²) in [6, 6.07) is 7.03. The average Bonchev–Trinajstić information content (AvgIpc) is 2.76. The molecule has 0 radical (unpaired) electrons. The Morgan fingerprint density at radius 3 is 2.71 bits per heavy atom. The standard InChI is InChI=1S/C20H19N3O8/c1-11-17-21-23-8-7-13(24)16(15(23)18(25)22(17)9-10-29-11)31-20(27)30-14-6-4-3-5-12(14)19(26)28-2/h3-8,11,17,21H,9-10H2,1-2H3. The Morgan fingerprint density at radius 1 is 1.16 bits per heavy atom. The van der Waals surface area contributed by atoms with Crippen LogP contribution in [0.2, 0.25) is 0 Å². The number of carbonyl (C=O) groups excluding carboxylic acids is 3. The van der Waals surface area contributed by atoms with Gasteiger partial charge in [0.25, 0.3) is 5.91 Å². The third kappa shape index (κ3) is 3.70. The molecular weight excluding hydrogens is 410 g/mol. The Labute approximate surface area is 176 Å². The van der Waals surface area contributed by atoms with Crippen molar-refractivity contribution in [3.63, 3.8) is 0 Å². The molecule has 2 atom stereocenters. The second kappa shape index (κ2) is 8.11. The molecule has 2 aliphatic heterocycles. The highest BCUT2D eigenvalue weighted by molar-refractivity contribution is 5.97. The van der Waals surface area contributed by atoms with Crippen molar-refractivity contribution in [1.29, 1.82) is 0 Å². The number of ether oxygens (including phenoxy) is 4. The summed E-state index contributed by atoms with van der Waals surface area (Å²) in [6.07, 6.45) is -0.635. The van der Waals surface area contributed by atoms with E-state index in [2.05, 4.69) is 10.2 Å². The molecule has 1 aromatic heterocycles. The fourth-order valence-corrected chi connectivity index (χ4v) is 3.45. The summed E-state index contributed by atoms with van der Waals surface area (Å²) in [5, 5.41) is 0. The summed E-state index contributed by atoms with van der Waals surface area (Å²) in [6.45, 7) is 2.46. The first-order valence-electron chi connectivity index (χ1n) is 9.42. The van der Waals surface area contributed by atoms with Gasteiger partial charge < -0.3 is 29.3 Å². The lowest BCUT2D eigenvalue weighted by molar-refractivity contribution is -0.0492. The van der Waals surface area contributed by atoms with E-state index >= 15 is 0 Å². The van der Waals surface area contributed by atoms with Gasteiger partial charge >= 0.3 is 12.1 Å². The molecule has 11 nitrogen and oxygen atoms in total. The van der Waals surface area contributed by atoms with Crippen LogP contribution >= 0.6 is 0 Å². The number of aromatic nitrogens is 1. The molecule has 2 unspecified atom stereocenters. The van der Waals surface area contributed by atoms with Gasteiger partial charge in [0.2, 0.25) is 11.2 Å². The van der Waals surface area contributed by atoms with Gasteiger partial charge in [-0.05, 0) is 19.1 Å². The maximum Gasteiger partial charge on any atom is 0.519 e. The maximum atomic E-state index is 13.1. The quantitative estimate of drug-likeness (QED) is 0.561. The van der Waals surface area contributed by atoms with Crippen molar-refractivity contribution in [3.8, 4) is 11.5 Å². The number of hydrogen-bond acceptors (Lipinski definition) is 9. The first-order chi connectivity index (χ1) is 14.9. The van der Waals surface area contributed by atoms with Crippen LogP contribution in [-0.2, 0) is 9.47 Å². The van der Waals surface area contributed by atoms with Gasteiger partial charge in [0.05, 0.1) is 19.8 Å². The minimum Gasteiger partial charge on any atom is -0.465 e. The molecular formula is C20H19N3O8. The van der Waals surface area contributed by atoms with Crippen LogP contribution in [0.1, 0.15) is 27.8 Å². The number of pyridine rings is 1. The minimum atomic E-state index is -1.28. The van der Waals surface area contributed by atoms with Crippen molar-refractivity contribution in [3.05, 3.63) is 58.0 Å². The van der Waals surface area contributed by atoms with Crippen LogP contribution in [-0.4, -0.2) is 60.1 Å². The minimum absolute atomic E-state index is 0.00310. The van der Waals surface area contributed by atoms with Crippen LogP contribution in [0, 0.1) is 0 Å². The Morgan fingerprint density at radius 2 is 1.94 bits per heavy atom. The fraction of sp³-hybridized carbons (Fsp3) is 0.300. The molecule has 11 heteroatoms. The van der Waals surface area contributed by atoms with Gasteiger partial charge in [0.15, 0.2) is 5.69 Å². The van der Waals surface area contributed by atoms with E-state index < -0.39 is 35.4 Å². The van der Waals surface area contributed by atoms with Crippen molar-refractivity contribution in [2.45, 2.75) is 19.2 Å². The second-order valence-electron chi connectivity index (χ2n) is 6.82. The van der Waals surface area contributed by atoms with Crippen LogP contribution in [0.3, 0.4) is 0 Å². The smallest absolute Gasteiger partial charge is 0.465 e. The van der Waals surface area contributed by atoms with Crippen LogP contribution in [0.25, 0.3) is 0 Å². The van der Waals surface area contributed by atoms with E-state index in [1.54, 1.807) is 12.1 Å². The highest BCUT2D eigenvalue weighted by Crippen LogP contribution is 2.26. The molecule has 1 N–H and O–H groups in total. The van der Waals surface area contributed by atoms with Crippen molar-refractivity contribution >= 4 is 18.0 Å². The zero-order valence-electron chi connectivity index (χ0n) is 16.7. The van der Waals surface area contributed by atoms with Gasteiger partial charge in [0, 0.05) is 18.8 Å². The summed E-state index contributed by atoms with van der Waals surface area (Å²) in [7, 11) is 1.19. The van der Waals surface area contributed by atoms with Crippen LogP contribution in [0.4, 0.5) is 4.79 Å². The van der Waals surface area contributed by atoms with Crippen molar-refractivity contribution < 1.29 is 33.3 Å². The fourth-order valence-electron chi connectivity index (χ4n) is 3.45. The molecule has 1 amide bonds. The number of fused-ring (bicyclic) bond motifs is 2. The average molecular weight is 429 g/mol. The van der Waals surface area contributed by atoms with Gasteiger partial charge in [-0.15, -0.1) is 0 Å². The van der Waals surface area contributed by atoms with E-state index in [1.165, 1.54) is 35.0 Å². The monoisotopic (exact) mass is 429 g/mol. The number of amides is 1. The number of nitrogens with zero attached hydrogens (tertiary/aromatic N) is 2. The molecule has 31 heavy (non-hydrogen) atoms. The highest BCUT2D eigenvalue weighted by Gasteiger charge is 2.40. The molecule has 2 aliphatic rings. The molecule has 3 heterocycles. The molecule has 1 fully saturated rings. The van der Waals surface area contributed by atoms with Crippen LogP contribution < -0.4 is 20.3 Å². The van der Waals surface area contributed by atoms with Gasteiger partial charge in [-0.25, -0.2) is 9.59 Å². The van der Waals surface area contributed by atoms with Gasteiger partial charge in [-0.3, -0.25) is 14.3 Å². The summed E-state index contributed by atoms with van der Waals surface area (Å²) in [5.74, 6) is -1.81. The van der Waals surface area contributed by atoms with Gasteiger partial charge in [0.1, 0.15) is 17.5 Å². The van der Waals surface area contributed by atoms with E-state index in [-0.39, 0.29) is 23.1 Å². The third-order valence-corrected chi connectivity index (χ3v) is 4.95. The van der Waals surface area contributed by atoms with Gasteiger partial charge in [-0.1, -0.05) is 12.1 Å². The summed E-state index contributed by atoms with van der Waals surface area (Å²) < 4.78 is 21.8. The van der Waals surface area contributed by atoms with Crippen molar-refractivity contribution in [1.82, 2.24) is 9.58 Å². The first kappa shape index (κ1) is 20.4. The molecule has 4 rings (SSSR count). The Balaban J connectivity index is 1.63. The van der Waals surface area contributed by atoms with Crippen molar-refractivity contribution in [2.75, 3.05) is 25.7 Å². The second-order valence-corrected chi connectivity index (χ2v) is 6.82. The van der Waals surface area contributed by atoms with E-state index in [0.29, 0.717) is 13.2 Å². The lowest BCUT2D eigenvalue weighted by atomic mass is 10.1. The zero-order chi connectivity index (χ0) is 22.1. The molecule has 0 spiro atoms. The first-order valence-corrected chi connectivity index (χ1v) is 9.42. The normalized spacial score (nSPS) is 19.5. The zero-order valence-corrected chi connectivity index (χ0v) is 16.7. The van der Waals surface area contributed by atoms with E-state index in [0.717, 1.165) is 6.07 Å². The number of methoxy groups -OCH3 is 1. The molecule has 2 aromatic rings.